The van der Waals surface area contributed by atoms with Crippen molar-refractivity contribution in [2.45, 2.75) is 39.0 Å². The summed E-state index contributed by atoms with van der Waals surface area (Å²) in [6, 6.07) is 12.9. The monoisotopic (exact) mass is 344 g/mol. The molecule has 2 aromatic rings. The Labute approximate surface area is 149 Å². The van der Waals surface area contributed by atoms with Crippen LogP contribution in [-0.4, -0.2) is 29.6 Å². The third-order valence-corrected chi connectivity index (χ3v) is 5.77. The van der Waals surface area contributed by atoms with Crippen LogP contribution in [0.4, 0.5) is 0 Å². The molecule has 0 spiro atoms. The Hall–Kier alpha value is -1.20. The molecule has 1 aliphatic heterocycles. The van der Waals surface area contributed by atoms with Gasteiger partial charge in [-0.1, -0.05) is 30.3 Å². The van der Waals surface area contributed by atoms with Crippen LogP contribution >= 0.6 is 11.3 Å². The van der Waals surface area contributed by atoms with E-state index in [0.717, 1.165) is 24.6 Å². The molecular weight excluding hydrogens is 316 g/mol. The molecule has 4 heteroatoms. The van der Waals surface area contributed by atoms with Gasteiger partial charge >= 0.3 is 0 Å². The van der Waals surface area contributed by atoms with Crippen molar-refractivity contribution in [2.75, 3.05) is 19.6 Å². The highest BCUT2D eigenvalue weighted by Gasteiger charge is 2.20. The van der Waals surface area contributed by atoms with Crippen LogP contribution in [0.5, 0.6) is 0 Å². The molecule has 1 fully saturated rings. The van der Waals surface area contributed by atoms with Gasteiger partial charge in [-0.15, -0.1) is 11.3 Å². The van der Waals surface area contributed by atoms with Crippen molar-refractivity contribution in [3.63, 3.8) is 0 Å². The summed E-state index contributed by atoms with van der Waals surface area (Å²) in [4.78, 5) is 4.07. The highest BCUT2D eigenvalue weighted by Crippen LogP contribution is 2.21. The van der Waals surface area contributed by atoms with Gasteiger partial charge in [-0.05, 0) is 61.3 Å². The minimum atomic E-state index is 0.112. The van der Waals surface area contributed by atoms with Crippen molar-refractivity contribution < 1.29 is 5.11 Å². The topological polar surface area (TPSA) is 35.5 Å². The average molecular weight is 345 g/mol. The Balaban J connectivity index is 1.48. The van der Waals surface area contributed by atoms with Crippen LogP contribution in [-0.2, 0) is 13.2 Å². The van der Waals surface area contributed by atoms with Crippen LogP contribution in [0.15, 0.2) is 41.8 Å². The van der Waals surface area contributed by atoms with Gasteiger partial charge < -0.3 is 10.4 Å². The molecule has 130 valence electrons. The van der Waals surface area contributed by atoms with E-state index in [9.17, 15) is 5.11 Å². The second-order valence-electron chi connectivity index (χ2n) is 6.86. The summed E-state index contributed by atoms with van der Waals surface area (Å²) in [5.74, 6) is 0.724. The molecule has 0 aliphatic carbocycles. The first-order chi connectivity index (χ1) is 11.7. The second kappa shape index (κ2) is 8.77. The Kier molecular flexibility index (Phi) is 6.44. The SMILES string of the molecule is CC(NCC1CCCN(Cc2cccs2)C1)c1cccc(CO)c1. The summed E-state index contributed by atoms with van der Waals surface area (Å²) >= 11 is 1.86. The lowest BCUT2D eigenvalue weighted by atomic mass is 9.97. The molecule has 0 bridgehead atoms. The van der Waals surface area contributed by atoms with E-state index in [1.807, 2.05) is 23.5 Å². The van der Waals surface area contributed by atoms with Gasteiger partial charge in [0.2, 0.25) is 0 Å². The lowest BCUT2D eigenvalue weighted by Gasteiger charge is -2.33. The number of benzene rings is 1. The van der Waals surface area contributed by atoms with Gasteiger partial charge in [-0.3, -0.25) is 4.90 Å². The molecule has 0 radical (unpaired) electrons. The molecule has 2 atom stereocenters. The number of hydrogen-bond acceptors (Lipinski definition) is 4. The fourth-order valence-corrected chi connectivity index (χ4v) is 4.25. The van der Waals surface area contributed by atoms with Gasteiger partial charge in [0.1, 0.15) is 0 Å². The van der Waals surface area contributed by atoms with Crippen molar-refractivity contribution in [1.29, 1.82) is 0 Å². The van der Waals surface area contributed by atoms with Crippen molar-refractivity contribution >= 4 is 11.3 Å². The van der Waals surface area contributed by atoms with Gasteiger partial charge in [0.25, 0.3) is 0 Å². The highest BCUT2D eigenvalue weighted by molar-refractivity contribution is 7.09. The molecule has 0 saturated carbocycles. The summed E-state index contributed by atoms with van der Waals surface area (Å²) < 4.78 is 0. The van der Waals surface area contributed by atoms with Gasteiger partial charge in [0.15, 0.2) is 0 Å². The van der Waals surface area contributed by atoms with E-state index in [4.69, 9.17) is 0 Å². The van der Waals surface area contributed by atoms with Crippen molar-refractivity contribution in [3.05, 3.63) is 57.8 Å². The van der Waals surface area contributed by atoms with Crippen LogP contribution in [0, 0.1) is 5.92 Å². The largest absolute Gasteiger partial charge is 0.392 e. The molecule has 0 amide bonds. The van der Waals surface area contributed by atoms with E-state index in [-0.39, 0.29) is 6.61 Å². The molecule has 1 saturated heterocycles. The predicted molar refractivity (Wildman–Crippen MR) is 101 cm³/mol. The molecule has 1 aromatic heterocycles. The molecule has 2 N–H and O–H groups in total. The number of piperidine rings is 1. The maximum atomic E-state index is 9.29. The van der Waals surface area contributed by atoms with Gasteiger partial charge in [-0.2, -0.15) is 0 Å². The lowest BCUT2D eigenvalue weighted by molar-refractivity contribution is 0.164. The molecule has 1 aliphatic rings. The number of nitrogens with zero attached hydrogens (tertiary/aromatic N) is 1. The fourth-order valence-electron chi connectivity index (χ4n) is 3.51. The zero-order chi connectivity index (χ0) is 16.8. The first-order valence-electron chi connectivity index (χ1n) is 8.92. The maximum Gasteiger partial charge on any atom is 0.0681 e. The summed E-state index contributed by atoms with van der Waals surface area (Å²) in [5, 5.41) is 15.1. The Morgan fingerprint density at radius 2 is 2.25 bits per heavy atom. The van der Waals surface area contributed by atoms with Crippen LogP contribution in [0.25, 0.3) is 0 Å². The smallest absolute Gasteiger partial charge is 0.0681 e. The first-order valence-corrected chi connectivity index (χ1v) is 9.80. The fraction of sp³-hybridized carbons (Fsp3) is 0.500. The van der Waals surface area contributed by atoms with Crippen LogP contribution < -0.4 is 5.32 Å². The van der Waals surface area contributed by atoms with E-state index >= 15 is 0 Å². The molecule has 2 heterocycles. The van der Waals surface area contributed by atoms with Crippen LogP contribution in [0.1, 0.15) is 41.8 Å². The van der Waals surface area contributed by atoms with E-state index in [0.29, 0.717) is 6.04 Å². The minimum Gasteiger partial charge on any atom is -0.392 e. The third kappa shape index (κ3) is 4.90. The van der Waals surface area contributed by atoms with Crippen LogP contribution in [0.2, 0.25) is 0 Å². The number of likely N-dealkylation sites (tertiary alicyclic amines) is 1. The Morgan fingerprint density at radius 1 is 1.33 bits per heavy atom. The van der Waals surface area contributed by atoms with Crippen molar-refractivity contribution in [3.8, 4) is 0 Å². The van der Waals surface area contributed by atoms with E-state index in [1.165, 1.54) is 36.4 Å². The summed E-state index contributed by atoms with van der Waals surface area (Å²) in [6.45, 7) is 6.90. The first kappa shape index (κ1) is 17.6. The number of aliphatic hydroxyl groups is 1. The lowest BCUT2D eigenvalue weighted by Crippen LogP contribution is -2.39. The Bertz CT molecular complexity index is 614. The number of nitrogens with one attached hydrogen (secondary N) is 1. The molecule has 2 unspecified atom stereocenters. The standard InChI is InChI=1S/C20H28N2OS/c1-16(19-7-2-5-17(11-19)15-23)21-12-18-6-3-9-22(13-18)14-20-8-4-10-24-20/h2,4-5,7-8,10-11,16,18,21,23H,3,6,9,12-15H2,1H3. The number of rotatable bonds is 7. The maximum absolute atomic E-state index is 9.29. The summed E-state index contributed by atoms with van der Waals surface area (Å²) in [6.07, 6.45) is 2.61. The summed E-state index contributed by atoms with van der Waals surface area (Å²) in [7, 11) is 0. The van der Waals surface area contributed by atoms with Gasteiger partial charge in [0.05, 0.1) is 6.61 Å². The number of thiophene rings is 1. The van der Waals surface area contributed by atoms with E-state index in [2.05, 4.69) is 46.8 Å². The van der Waals surface area contributed by atoms with E-state index < -0.39 is 0 Å². The number of hydrogen-bond donors (Lipinski definition) is 2. The van der Waals surface area contributed by atoms with Crippen LogP contribution in [0.3, 0.4) is 0 Å². The van der Waals surface area contributed by atoms with Gasteiger partial charge in [-0.25, -0.2) is 0 Å². The molecule has 3 rings (SSSR count). The molecule has 3 nitrogen and oxygen atoms in total. The predicted octanol–water partition coefficient (Wildman–Crippen LogP) is 3.80. The van der Waals surface area contributed by atoms with Crippen molar-refractivity contribution in [2.24, 2.45) is 5.92 Å². The number of aliphatic hydroxyl groups excluding tert-OH is 1. The average Bonchev–Trinajstić information content (AvgIpc) is 3.13. The highest BCUT2D eigenvalue weighted by atomic mass is 32.1. The quantitative estimate of drug-likeness (QED) is 0.802. The normalized spacial score (nSPS) is 20.2. The molecule has 24 heavy (non-hydrogen) atoms. The van der Waals surface area contributed by atoms with Crippen molar-refractivity contribution in [1.82, 2.24) is 10.2 Å². The zero-order valence-electron chi connectivity index (χ0n) is 14.4. The molecular formula is C20H28N2OS. The third-order valence-electron chi connectivity index (χ3n) is 4.91. The van der Waals surface area contributed by atoms with Gasteiger partial charge in [0, 0.05) is 24.0 Å². The van der Waals surface area contributed by atoms with E-state index in [1.54, 1.807) is 0 Å². The minimum absolute atomic E-state index is 0.112. The zero-order valence-corrected chi connectivity index (χ0v) is 15.3. The summed E-state index contributed by atoms with van der Waals surface area (Å²) in [5.41, 5.74) is 2.24. The Morgan fingerprint density at radius 3 is 3.04 bits per heavy atom. The second-order valence-corrected chi connectivity index (χ2v) is 7.89. The molecule has 1 aromatic carbocycles.